The molecule has 0 saturated carbocycles. The quantitative estimate of drug-likeness (QED) is 0.875. The summed E-state index contributed by atoms with van der Waals surface area (Å²) in [6, 6.07) is 11.1. The Morgan fingerprint density at radius 3 is 2.50 bits per heavy atom. The molecular formula is C15H21N3. The number of hydrogen-bond acceptors (Lipinski definition) is 2. The standard InChI is InChI=1S/C15H21N3/c1-4-16-15(14-9-10-18(3)17-14)11-13-7-5-12(2)6-8-13/h5-10,15-16H,4,11H2,1-3H3. The number of aromatic nitrogens is 2. The van der Waals surface area contributed by atoms with Crippen molar-refractivity contribution in [3.8, 4) is 0 Å². The summed E-state index contributed by atoms with van der Waals surface area (Å²) in [5.41, 5.74) is 3.76. The predicted molar refractivity (Wildman–Crippen MR) is 74.5 cm³/mol. The molecular weight excluding hydrogens is 222 g/mol. The van der Waals surface area contributed by atoms with Crippen LogP contribution in [-0.2, 0) is 13.5 Å². The Bertz CT molecular complexity index is 485. The van der Waals surface area contributed by atoms with Crippen LogP contribution in [0.1, 0.15) is 29.8 Å². The molecule has 0 saturated heterocycles. The minimum atomic E-state index is 0.291. The van der Waals surface area contributed by atoms with Gasteiger partial charge in [-0.15, -0.1) is 0 Å². The second-order valence-electron chi connectivity index (χ2n) is 4.71. The number of hydrogen-bond donors (Lipinski definition) is 1. The lowest BCUT2D eigenvalue weighted by atomic mass is 10.0. The largest absolute Gasteiger partial charge is 0.309 e. The highest BCUT2D eigenvalue weighted by atomic mass is 15.3. The molecule has 0 fully saturated rings. The van der Waals surface area contributed by atoms with Gasteiger partial charge in [0.1, 0.15) is 0 Å². The average Bonchev–Trinajstić information content (AvgIpc) is 2.78. The molecule has 3 heteroatoms. The van der Waals surface area contributed by atoms with Gasteiger partial charge in [-0.3, -0.25) is 4.68 Å². The number of benzene rings is 1. The molecule has 0 aliphatic heterocycles. The van der Waals surface area contributed by atoms with Gasteiger partial charge in [0.15, 0.2) is 0 Å². The summed E-state index contributed by atoms with van der Waals surface area (Å²) in [7, 11) is 1.96. The molecule has 1 heterocycles. The first kappa shape index (κ1) is 12.8. The molecule has 18 heavy (non-hydrogen) atoms. The topological polar surface area (TPSA) is 29.9 Å². The van der Waals surface area contributed by atoms with Gasteiger partial charge in [-0.05, 0) is 31.5 Å². The van der Waals surface area contributed by atoms with Crippen LogP contribution in [0.5, 0.6) is 0 Å². The highest BCUT2D eigenvalue weighted by Crippen LogP contribution is 2.17. The van der Waals surface area contributed by atoms with Crippen LogP contribution in [0, 0.1) is 6.92 Å². The molecule has 3 nitrogen and oxygen atoms in total. The molecule has 2 aromatic rings. The summed E-state index contributed by atoms with van der Waals surface area (Å²) < 4.78 is 1.86. The molecule has 1 unspecified atom stereocenters. The highest BCUT2D eigenvalue weighted by Gasteiger charge is 2.13. The molecule has 0 amide bonds. The van der Waals surface area contributed by atoms with Crippen LogP contribution in [0.3, 0.4) is 0 Å². The fourth-order valence-corrected chi connectivity index (χ4v) is 2.11. The Morgan fingerprint density at radius 1 is 1.22 bits per heavy atom. The lowest BCUT2D eigenvalue weighted by Crippen LogP contribution is -2.23. The second-order valence-corrected chi connectivity index (χ2v) is 4.71. The van der Waals surface area contributed by atoms with Gasteiger partial charge in [0.25, 0.3) is 0 Å². The van der Waals surface area contributed by atoms with Crippen LogP contribution in [0.4, 0.5) is 0 Å². The van der Waals surface area contributed by atoms with Gasteiger partial charge in [-0.2, -0.15) is 5.10 Å². The number of likely N-dealkylation sites (N-methyl/N-ethyl adjacent to an activating group) is 1. The summed E-state index contributed by atoms with van der Waals surface area (Å²) in [4.78, 5) is 0. The number of aryl methyl sites for hydroxylation is 2. The molecule has 1 N–H and O–H groups in total. The molecule has 0 bridgehead atoms. The van der Waals surface area contributed by atoms with Crippen molar-refractivity contribution in [2.75, 3.05) is 6.54 Å². The molecule has 0 aliphatic rings. The monoisotopic (exact) mass is 243 g/mol. The Kier molecular flexibility index (Phi) is 4.15. The number of nitrogens with zero attached hydrogens (tertiary/aromatic N) is 2. The first-order chi connectivity index (χ1) is 8.69. The molecule has 1 atom stereocenters. The van der Waals surface area contributed by atoms with Gasteiger partial charge >= 0.3 is 0 Å². The van der Waals surface area contributed by atoms with E-state index >= 15 is 0 Å². The van der Waals surface area contributed by atoms with Crippen LogP contribution in [-0.4, -0.2) is 16.3 Å². The zero-order valence-corrected chi connectivity index (χ0v) is 11.4. The van der Waals surface area contributed by atoms with Crippen molar-refractivity contribution in [1.82, 2.24) is 15.1 Å². The van der Waals surface area contributed by atoms with Crippen molar-refractivity contribution in [2.45, 2.75) is 26.3 Å². The SMILES string of the molecule is CCNC(Cc1ccc(C)cc1)c1ccn(C)n1. The summed E-state index contributed by atoms with van der Waals surface area (Å²) >= 11 is 0. The minimum Gasteiger partial charge on any atom is -0.309 e. The predicted octanol–water partition coefficient (Wildman–Crippen LogP) is 2.62. The third-order valence-corrected chi connectivity index (χ3v) is 3.10. The Balaban J connectivity index is 2.13. The molecule has 0 aliphatic carbocycles. The maximum absolute atomic E-state index is 4.50. The van der Waals surface area contributed by atoms with E-state index in [1.54, 1.807) is 0 Å². The van der Waals surface area contributed by atoms with E-state index < -0.39 is 0 Å². The van der Waals surface area contributed by atoms with Gasteiger partial charge < -0.3 is 5.32 Å². The van der Waals surface area contributed by atoms with Crippen molar-refractivity contribution in [3.63, 3.8) is 0 Å². The number of nitrogens with one attached hydrogen (secondary N) is 1. The summed E-state index contributed by atoms with van der Waals surface area (Å²) in [6.07, 6.45) is 2.97. The maximum atomic E-state index is 4.50. The molecule has 96 valence electrons. The molecule has 2 rings (SSSR count). The Labute approximate surface area is 109 Å². The third kappa shape index (κ3) is 3.20. The van der Waals surface area contributed by atoms with Gasteiger partial charge in [-0.1, -0.05) is 36.8 Å². The maximum Gasteiger partial charge on any atom is 0.0797 e. The lowest BCUT2D eigenvalue weighted by Gasteiger charge is -2.15. The Hall–Kier alpha value is -1.61. The van der Waals surface area contributed by atoms with Crippen molar-refractivity contribution in [3.05, 3.63) is 53.3 Å². The van der Waals surface area contributed by atoms with Crippen molar-refractivity contribution >= 4 is 0 Å². The zero-order chi connectivity index (χ0) is 13.0. The Morgan fingerprint density at radius 2 is 1.94 bits per heavy atom. The van der Waals surface area contributed by atoms with E-state index in [9.17, 15) is 0 Å². The van der Waals surface area contributed by atoms with Gasteiger partial charge in [0.05, 0.1) is 11.7 Å². The van der Waals surface area contributed by atoms with Crippen LogP contribution < -0.4 is 5.32 Å². The van der Waals surface area contributed by atoms with Crippen LogP contribution in [0.25, 0.3) is 0 Å². The van der Waals surface area contributed by atoms with E-state index in [0.717, 1.165) is 18.7 Å². The van der Waals surface area contributed by atoms with Gasteiger partial charge in [0.2, 0.25) is 0 Å². The van der Waals surface area contributed by atoms with E-state index in [4.69, 9.17) is 0 Å². The van der Waals surface area contributed by atoms with Crippen LogP contribution in [0.2, 0.25) is 0 Å². The number of rotatable bonds is 5. The zero-order valence-electron chi connectivity index (χ0n) is 11.4. The van der Waals surface area contributed by atoms with Gasteiger partial charge in [-0.25, -0.2) is 0 Å². The van der Waals surface area contributed by atoms with E-state index in [1.165, 1.54) is 11.1 Å². The normalized spacial score (nSPS) is 12.6. The van der Waals surface area contributed by atoms with Crippen LogP contribution >= 0.6 is 0 Å². The second kappa shape index (κ2) is 5.83. The minimum absolute atomic E-state index is 0.291. The fraction of sp³-hybridized carbons (Fsp3) is 0.400. The summed E-state index contributed by atoms with van der Waals surface area (Å²) in [5, 5.41) is 8.00. The van der Waals surface area contributed by atoms with Crippen molar-refractivity contribution in [2.24, 2.45) is 7.05 Å². The summed E-state index contributed by atoms with van der Waals surface area (Å²) in [6.45, 7) is 5.20. The lowest BCUT2D eigenvalue weighted by molar-refractivity contribution is 0.528. The highest BCUT2D eigenvalue weighted by molar-refractivity contribution is 5.23. The van der Waals surface area contributed by atoms with E-state index in [-0.39, 0.29) is 0 Å². The molecule has 0 radical (unpaired) electrons. The van der Waals surface area contributed by atoms with Gasteiger partial charge in [0, 0.05) is 13.2 Å². The molecule has 1 aromatic carbocycles. The van der Waals surface area contributed by atoms with Crippen molar-refractivity contribution in [1.29, 1.82) is 0 Å². The average molecular weight is 243 g/mol. The van der Waals surface area contributed by atoms with E-state index in [0.29, 0.717) is 6.04 Å². The summed E-state index contributed by atoms with van der Waals surface area (Å²) in [5.74, 6) is 0. The van der Waals surface area contributed by atoms with Crippen molar-refractivity contribution < 1.29 is 0 Å². The molecule has 1 aromatic heterocycles. The smallest absolute Gasteiger partial charge is 0.0797 e. The molecule has 0 spiro atoms. The fourth-order valence-electron chi connectivity index (χ4n) is 2.11. The first-order valence-electron chi connectivity index (χ1n) is 6.47. The first-order valence-corrected chi connectivity index (χ1v) is 6.47. The van der Waals surface area contributed by atoms with Crippen LogP contribution in [0.15, 0.2) is 36.5 Å². The van der Waals surface area contributed by atoms with E-state index in [2.05, 4.69) is 54.6 Å². The van der Waals surface area contributed by atoms with E-state index in [1.807, 2.05) is 17.9 Å². The third-order valence-electron chi connectivity index (χ3n) is 3.10.